The van der Waals surface area contributed by atoms with Crippen molar-refractivity contribution in [2.24, 2.45) is 0 Å². The van der Waals surface area contributed by atoms with Crippen LogP contribution in [-0.4, -0.2) is 22.0 Å². The molecule has 16 heavy (non-hydrogen) atoms. The maximum atomic E-state index is 11.4. The summed E-state index contributed by atoms with van der Waals surface area (Å²) in [5, 5.41) is 19.7. The van der Waals surface area contributed by atoms with Crippen LogP contribution < -0.4 is 0 Å². The number of cyclic esters (lactones) is 1. The first kappa shape index (κ1) is 10.7. The van der Waals surface area contributed by atoms with E-state index in [1.807, 2.05) is 0 Å². The number of aliphatic hydroxyl groups is 1. The van der Waals surface area contributed by atoms with Crippen molar-refractivity contribution in [3.63, 3.8) is 0 Å². The van der Waals surface area contributed by atoms with Gasteiger partial charge in [0.1, 0.15) is 5.75 Å². The van der Waals surface area contributed by atoms with Crippen LogP contribution in [0.25, 0.3) is 5.57 Å². The van der Waals surface area contributed by atoms with Gasteiger partial charge < -0.3 is 14.9 Å². The molecule has 0 aromatic heterocycles. The van der Waals surface area contributed by atoms with Crippen molar-refractivity contribution in [1.29, 1.82) is 0 Å². The molecular formula is C12H12O4. The molecule has 1 aromatic rings. The Kier molecular flexibility index (Phi) is 2.24. The van der Waals surface area contributed by atoms with E-state index in [-0.39, 0.29) is 5.75 Å². The summed E-state index contributed by atoms with van der Waals surface area (Å²) in [6, 6.07) is 6.51. The fraction of sp³-hybridized carbons (Fsp3) is 0.250. The van der Waals surface area contributed by atoms with Crippen LogP contribution in [0.2, 0.25) is 0 Å². The largest absolute Gasteiger partial charge is 0.507 e. The van der Waals surface area contributed by atoms with Crippen LogP contribution in [0.1, 0.15) is 19.4 Å². The van der Waals surface area contributed by atoms with E-state index >= 15 is 0 Å². The van der Waals surface area contributed by atoms with Crippen LogP contribution in [0.5, 0.6) is 5.75 Å². The fourth-order valence-electron chi connectivity index (χ4n) is 1.89. The van der Waals surface area contributed by atoms with Crippen LogP contribution in [0.15, 0.2) is 29.8 Å². The van der Waals surface area contributed by atoms with Gasteiger partial charge in [-0.15, -0.1) is 0 Å². The zero-order valence-electron chi connectivity index (χ0n) is 9.02. The first-order valence-electron chi connectivity index (χ1n) is 4.89. The second-order valence-electron chi connectivity index (χ2n) is 3.89. The average Bonchev–Trinajstić information content (AvgIpc) is 2.38. The minimum Gasteiger partial charge on any atom is -0.507 e. The van der Waals surface area contributed by atoms with Gasteiger partial charge in [-0.1, -0.05) is 18.2 Å². The van der Waals surface area contributed by atoms with E-state index in [0.717, 1.165) is 0 Å². The summed E-state index contributed by atoms with van der Waals surface area (Å²) in [5.74, 6) is -2.24. The number of carbonyl (C=O) groups is 1. The molecule has 1 aromatic carbocycles. The summed E-state index contributed by atoms with van der Waals surface area (Å²) >= 11 is 0. The molecule has 1 unspecified atom stereocenters. The number of phenolic OH excluding ortho intramolecular Hbond substituents is 1. The van der Waals surface area contributed by atoms with Crippen molar-refractivity contribution in [3.05, 3.63) is 35.4 Å². The molecular weight excluding hydrogens is 208 g/mol. The van der Waals surface area contributed by atoms with Gasteiger partial charge in [-0.25, -0.2) is 4.79 Å². The summed E-state index contributed by atoms with van der Waals surface area (Å²) < 4.78 is 4.81. The number of esters is 1. The van der Waals surface area contributed by atoms with Crippen LogP contribution in [0, 0.1) is 0 Å². The quantitative estimate of drug-likeness (QED) is 0.702. The van der Waals surface area contributed by atoms with Gasteiger partial charge in [0.05, 0.1) is 0 Å². The predicted octanol–water partition coefficient (Wildman–Crippen LogP) is 1.43. The number of ether oxygens (including phenoxy) is 1. The van der Waals surface area contributed by atoms with Crippen LogP contribution in [-0.2, 0) is 9.53 Å². The van der Waals surface area contributed by atoms with Gasteiger partial charge >= 0.3 is 5.97 Å². The van der Waals surface area contributed by atoms with Crippen molar-refractivity contribution in [2.45, 2.75) is 19.6 Å². The second kappa shape index (κ2) is 3.35. The Morgan fingerprint density at radius 1 is 1.31 bits per heavy atom. The number of phenols is 1. The lowest BCUT2D eigenvalue weighted by atomic mass is 9.95. The first-order valence-corrected chi connectivity index (χ1v) is 4.89. The number of hydrogen-bond donors (Lipinski definition) is 2. The number of hydrogen-bond acceptors (Lipinski definition) is 4. The number of rotatable bonds is 1. The smallest absolute Gasteiger partial charge is 0.337 e. The third-order valence-electron chi connectivity index (χ3n) is 2.61. The monoisotopic (exact) mass is 220 g/mol. The van der Waals surface area contributed by atoms with E-state index in [9.17, 15) is 15.0 Å². The molecule has 1 aliphatic heterocycles. The maximum absolute atomic E-state index is 11.4. The molecule has 0 saturated heterocycles. The van der Waals surface area contributed by atoms with Crippen molar-refractivity contribution in [2.75, 3.05) is 0 Å². The highest BCUT2D eigenvalue weighted by Gasteiger charge is 2.42. The van der Waals surface area contributed by atoms with E-state index < -0.39 is 11.8 Å². The van der Waals surface area contributed by atoms with Crippen molar-refractivity contribution < 1.29 is 19.7 Å². The molecule has 84 valence electrons. The number of aromatic hydroxyl groups is 1. The highest BCUT2D eigenvalue weighted by molar-refractivity contribution is 6.03. The van der Waals surface area contributed by atoms with Gasteiger partial charge in [-0.05, 0) is 13.0 Å². The summed E-state index contributed by atoms with van der Waals surface area (Å²) in [5.41, 5.74) is 1.04. The first-order chi connectivity index (χ1) is 7.43. The van der Waals surface area contributed by atoms with E-state index in [1.165, 1.54) is 13.0 Å². The molecule has 0 fully saturated rings. The Morgan fingerprint density at radius 3 is 2.44 bits per heavy atom. The average molecular weight is 220 g/mol. The van der Waals surface area contributed by atoms with Gasteiger partial charge in [0.2, 0.25) is 5.79 Å². The van der Waals surface area contributed by atoms with E-state index in [4.69, 9.17) is 4.74 Å². The van der Waals surface area contributed by atoms with Crippen LogP contribution in [0.3, 0.4) is 0 Å². The van der Waals surface area contributed by atoms with E-state index in [2.05, 4.69) is 0 Å². The van der Waals surface area contributed by atoms with E-state index in [1.54, 1.807) is 25.1 Å². The van der Waals surface area contributed by atoms with Gasteiger partial charge in [-0.3, -0.25) is 0 Å². The van der Waals surface area contributed by atoms with Crippen LogP contribution in [0.4, 0.5) is 0 Å². The zero-order valence-corrected chi connectivity index (χ0v) is 9.02. The third-order valence-corrected chi connectivity index (χ3v) is 2.61. The maximum Gasteiger partial charge on any atom is 0.337 e. The fourth-order valence-corrected chi connectivity index (χ4v) is 1.89. The molecule has 0 bridgehead atoms. The molecule has 1 heterocycles. The van der Waals surface area contributed by atoms with Gasteiger partial charge in [0, 0.05) is 23.6 Å². The lowest BCUT2D eigenvalue weighted by Gasteiger charge is -2.20. The van der Waals surface area contributed by atoms with Gasteiger partial charge in [0.25, 0.3) is 0 Å². The second-order valence-corrected chi connectivity index (χ2v) is 3.89. The van der Waals surface area contributed by atoms with Crippen molar-refractivity contribution >= 4 is 11.5 Å². The van der Waals surface area contributed by atoms with Crippen molar-refractivity contribution in [1.82, 2.24) is 0 Å². The molecule has 0 saturated carbocycles. The summed E-state index contributed by atoms with van der Waals surface area (Å²) in [4.78, 5) is 11.4. The molecule has 1 aliphatic rings. The lowest BCUT2D eigenvalue weighted by Crippen LogP contribution is -2.26. The number of carbonyl (C=O) groups excluding carboxylic acids is 1. The summed E-state index contributed by atoms with van der Waals surface area (Å²) in [7, 11) is 0. The Bertz CT molecular complexity index is 486. The lowest BCUT2D eigenvalue weighted by molar-refractivity contribution is -0.170. The van der Waals surface area contributed by atoms with Crippen LogP contribution >= 0.6 is 0 Å². The molecule has 2 N–H and O–H groups in total. The number of para-hydroxylation sites is 1. The molecule has 0 spiro atoms. The minimum absolute atomic E-state index is 0.00965. The molecule has 4 heteroatoms. The normalized spacial score (nSPS) is 24.8. The molecule has 0 amide bonds. The molecule has 1 atom stereocenters. The Labute approximate surface area is 92.8 Å². The van der Waals surface area contributed by atoms with Gasteiger partial charge in [0.15, 0.2) is 0 Å². The molecule has 0 aliphatic carbocycles. The standard InChI is InChI=1S/C12H12O4/c1-7-10(12(2,15)16-11(7)14)8-5-3-4-6-9(8)13/h3-6,13,15H,1-2H3. The summed E-state index contributed by atoms with van der Waals surface area (Å²) in [6.45, 7) is 2.94. The third kappa shape index (κ3) is 1.47. The highest BCUT2D eigenvalue weighted by atomic mass is 16.7. The van der Waals surface area contributed by atoms with Crippen molar-refractivity contribution in [3.8, 4) is 5.75 Å². The molecule has 4 nitrogen and oxygen atoms in total. The Morgan fingerprint density at radius 2 is 1.94 bits per heavy atom. The Balaban J connectivity index is 2.64. The van der Waals surface area contributed by atoms with E-state index in [0.29, 0.717) is 16.7 Å². The predicted molar refractivity (Wildman–Crippen MR) is 57.4 cm³/mol. The highest BCUT2D eigenvalue weighted by Crippen LogP contribution is 2.40. The number of benzene rings is 1. The SMILES string of the molecule is CC1=C(c2ccccc2O)C(C)(O)OC1=O. The minimum atomic E-state index is -1.68. The molecule has 0 radical (unpaired) electrons. The Hall–Kier alpha value is -1.81. The molecule has 2 rings (SSSR count). The summed E-state index contributed by atoms with van der Waals surface area (Å²) in [6.07, 6.45) is 0. The van der Waals surface area contributed by atoms with Gasteiger partial charge in [-0.2, -0.15) is 0 Å². The zero-order chi connectivity index (χ0) is 11.9. The topological polar surface area (TPSA) is 66.8 Å².